The van der Waals surface area contributed by atoms with Crippen LogP contribution in [0.4, 0.5) is 0 Å². The molecule has 0 aromatic carbocycles. The zero-order valence-electron chi connectivity index (χ0n) is 8.17. The zero-order chi connectivity index (χ0) is 11.0. The summed E-state index contributed by atoms with van der Waals surface area (Å²) in [4.78, 5) is 0. The van der Waals surface area contributed by atoms with E-state index in [1.54, 1.807) is 0 Å². The van der Waals surface area contributed by atoms with Gasteiger partial charge in [-0.25, -0.2) is 5.26 Å². The molecule has 0 saturated heterocycles. The molecule has 1 heterocycles. The first-order valence-electron chi connectivity index (χ1n) is 3.50. The maximum Gasteiger partial charge on any atom is 0.0625 e. The fraction of sp³-hybridized carbons (Fsp3) is 0.692. The van der Waals surface area contributed by atoms with Gasteiger partial charge in [-0.15, -0.1) is 0 Å². The van der Waals surface area contributed by atoms with Gasteiger partial charge in [0.05, 0.1) is 5.69 Å². The quantitative estimate of drug-likeness (QED) is 0.397. The van der Waals surface area contributed by atoms with Crippen molar-refractivity contribution in [2.75, 3.05) is 0 Å². The van der Waals surface area contributed by atoms with Crippen LogP contribution in [-0.4, -0.2) is 9.78 Å². The number of hydrogen-bond donors (Lipinski definition) is 0. The first-order valence-corrected chi connectivity index (χ1v) is 9.78. The molecule has 0 fully saturated rings. The van der Waals surface area contributed by atoms with E-state index in [1.165, 1.54) is 11.3 Å². The van der Waals surface area contributed by atoms with Gasteiger partial charge in [0.1, 0.15) is 0 Å². The lowest BCUT2D eigenvalue weighted by atomic mass is 10.2. The number of aryl methyl sites for hydroxylation is 2. The Morgan fingerprint density at radius 3 is 1.28 bits per heavy atom. The summed E-state index contributed by atoms with van der Waals surface area (Å²) >= 11 is 4.24. The van der Waals surface area contributed by atoms with Crippen LogP contribution in [0.2, 0.25) is 0 Å². The van der Waals surface area contributed by atoms with Crippen molar-refractivity contribution in [3.05, 3.63) is 17.0 Å². The second-order valence-corrected chi connectivity index (χ2v) is 2.42. The summed E-state index contributed by atoms with van der Waals surface area (Å²) in [6.07, 6.45) is 0. The number of nitrogens with zero attached hydrogens (tertiary/aromatic N) is 3. The highest BCUT2D eigenvalue weighted by atomic mass is 128. The third kappa shape index (κ3) is 14.2. The van der Waals surface area contributed by atoms with E-state index in [0.29, 0.717) is 0 Å². The molecule has 0 unspecified atom stereocenters. The van der Waals surface area contributed by atoms with Gasteiger partial charge in [-0.2, -0.15) is 5.10 Å². The highest BCUT2D eigenvalue weighted by Crippen LogP contribution is 2.08. The molecular formula is C13H33I2N3. The molecule has 0 spiro atoms. The molecule has 5 heteroatoms. The van der Waals surface area contributed by atoms with Gasteiger partial charge in [0, 0.05) is 56.5 Å². The van der Waals surface area contributed by atoms with Gasteiger partial charge in [0.15, 0.2) is 0 Å². The molecule has 0 N–H and O–H groups in total. The van der Waals surface area contributed by atoms with Gasteiger partial charge in [-0.05, 0) is 26.3 Å². The molecule has 0 aliphatic heterocycles. The fourth-order valence-corrected chi connectivity index (χ4v) is 0.880. The van der Waals surface area contributed by atoms with Gasteiger partial charge >= 0.3 is 0 Å². The van der Waals surface area contributed by atoms with Crippen LogP contribution < -0.4 is 0 Å². The summed E-state index contributed by atoms with van der Waals surface area (Å²) < 4.78 is 1.91. The molecule has 1 rings (SSSR count). The SMILES string of the molecule is C.C.C.C.C.C#N.Cc1nn(C)c(C)c1C.II. The first-order chi connectivity index (χ1) is 6.13. The van der Waals surface area contributed by atoms with E-state index >= 15 is 0 Å². The van der Waals surface area contributed by atoms with Crippen LogP contribution in [0.1, 0.15) is 54.1 Å². The van der Waals surface area contributed by atoms with Gasteiger partial charge in [0.2, 0.25) is 0 Å². The monoisotopic (exact) mass is 485 g/mol. The predicted octanol–water partition coefficient (Wildman–Crippen LogP) is 6.44. The summed E-state index contributed by atoms with van der Waals surface area (Å²) in [6.45, 7) is 9.70. The van der Waals surface area contributed by atoms with Crippen LogP contribution in [0.5, 0.6) is 0 Å². The van der Waals surface area contributed by atoms with Gasteiger partial charge < -0.3 is 0 Å². The Kier molecular flexibility index (Phi) is 61.7. The highest BCUT2D eigenvalue weighted by Gasteiger charge is 2.01. The van der Waals surface area contributed by atoms with E-state index in [9.17, 15) is 0 Å². The Bertz CT molecular complexity index is 246. The van der Waals surface area contributed by atoms with E-state index in [2.05, 4.69) is 62.8 Å². The fourth-order valence-electron chi connectivity index (χ4n) is 0.880. The molecule has 0 radical (unpaired) electrons. The second kappa shape index (κ2) is 25.9. The molecule has 0 saturated carbocycles. The summed E-state index contributed by atoms with van der Waals surface area (Å²) in [7, 11) is 1.97. The highest BCUT2D eigenvalue weighted by molar-refractivity contribution is 15.0. The molecule has 0 bridgehead atoms. The molecule has 18 heavy (non-hydrogen) atoms. The molecular weight excluding hydrogens is 452 g/mol. The first kappa shape index (κ1) is 42.9. The minimum atomic E-state index is 0. The van der Waals surface area contributed by atoms with Crippen LogP contribution in [0, 0.1) is 32.6 Å². The maximum absolute atomic E-state index is 6.50. The second-order valence-electron chi connectivity index (χ2n) is 2.42. The molecule has 1 aromatic rings. The van der Waals surface area contributed by atoms with E-state index in [1.807, 2.05) is 18.7 Å². The Morgan fingerprint density at radius 2 is 1.22 bits per heavy atom. The lowest BCUT2D eigenvalue weighted by Gasteiger charge is -1.90. The number of aromatic nitrogens is 2. The predicted molar refractivity (Wildman–Crippen MR) is 106 cm³/mol. The minimum Gasteiger partial charge on any atom is -0.272 e. The Morgan fingerprint density at radius 1 is 0.944 bits per heavy atom. The third-order valence-corrected chi connectivity index (χ3v) is 1.87. The van der Waals surface area contributed by atoms with Gasteiger partial charge in [-0.3, -0.25) is 4.68 Å². The number of halogens is 2. The van der Waals surface area contributed by atoms with E-state index in [0.717, 1.165) is 5.69 Å². The number of rotatable bonds is 0. The molecule has 3 nitrogen and oxygen atoms in total. The lowest BCUT2D eigenvalue weighted by Crippen LogP contribution is -1.92. The van der Waals surface area contributed by atoms with Crippen molar-refractivity contribution in [1.82, 2.24) is 9.78 Å². The van der Waals surface area contributed by atoms with Crippen LogP contribution >= 0.6 is 37.2 Å². The molecule has 0 amide bonds. The average Bonchev–Trinajstić information content (AvgIpc) is 2.40. The summed E-state index contributed by atoms with van der Waals surface area (Å²) in [5.74, 6) is 0. The molecule has 0 aliphatic carbocycles. The largest absolute Gasteiger partial charge is 0.272 e. The molecule has 0 atom stereocenters. The smallest absolute Gasteiger partial charge is 0.0625 e. The van der Waals surface area contributed by atoms with E-state index < -0.39 is 0 Å². The summed E-state index contributed by atoms with van der Waals surface area (Å²) in [6, 6.07) is 0. The van der Waals surface area contributed by atoms with Crippen molar-refractivity contribution in [3.63, 3.8) is 0 Å². The average molecular weight is 485 g/mol. The summed E-state index contributed by atoms with van der Waals surface area (Å²) in [5.41, 5.74) is 3.69. The van der Waals surface area contributed by atoms with Crippen molar-refractivity contribution < 1.29 is 0 Å². The zero-order valence-corrected chi connectivity index (χ0v) is 12.5. The topological polar surface area (TPSA) is 41.6 Å². The molecule has 0 aliphatic rings. The Hall–Kier alpha value is 0.160. The van der Waals surface area contributed by atoms with Crippen molar-refractivity contribution in [2.24, 2.45) is 7.05 Å². The van der Waals surface area contributed by atoms with Crippen LogP contribution in [0.15, 0.2) is 0 Å². The van der Waals surface area contributed by atoms with Crippen LogP contribution in [0.3, 0.4) is 0 Å². The van der Waals surface area contributed by atoms with Crippen LogP contribution in [-0.2, 0) is 7.05 Å². The van der Waals surface area contributed by atoms with Gasteiger partial charge in [-0.1, -0.05) is 37.1 Å². The maximum atomic E-state index is 6.50. The third-order valence-electron chi connectivity index (χ3n) is 1.87. The Balaban J connectivity index is -0.0000000247. The number of nitriles is 1. The van der Waals surface area contributed by atoms with Gasteiger partial charge in [0.25, 0.3) is 0 Å². The van der Waals surface area contributed by atoms with E-state index in [4.69, 9.17) is 5.26 Å². The van der Waals surface area contributed by atoms with Crippen molar-refractivity contribution in [1.29, 1.82) is 5.26 Å². The standard InChI is InChI=1S/C7H12N2.CHN.5CH4.I2/c1-5-6(2)8-9(4)7(5)3;1-2;;;;;;1-2/h1-4H3;1H;5*1H4;. The molecule has 1 aromatic heterocycles. The lowest BCUT2D eigenvalue weighted by molar-refractivity contribution is 0.730. The molecule has 114 valence electrons. The van der Waals surface area contributed by atoms with Crippen molar-refractivity contribution in [2.45, 2.75) is 57.9 Å². The van der Waals surface area contributed by atoms with Crippen molar-refractivity contribution >= 4 is 37.2 Å². The minimum absolute atomic E-state index is 0. The summed E-state index contributed by atoms with van der Waals surface area (Å²) in [5, 5.41) is 10.7. The normalized spacial score (nSPS) is 5.56. The Labute approximate surface area is 140 Å². The number of hydrogen-bond acceptors (Lipinski definition) is 2. The van der Waals surface area contributed by atoms with Crippen molar-refractivity contribution in [3.8, 4) is 6.57 Å². The van der Waals surface area contributed by atoms with Crippen LogP contribution in [0.25, 0.3) is 0 Å². The van der Waals surface area contributed by atoms with E-state index in [-0.39, 0.29) is 37.1 Å².